The molecule has 0 saturated heterocycles. The van der Waals surface area contributed by atoms with E-state index in [1.54, 1.807) is 12.4 Å². The first-order valence-electron chi connectivity index (χ1n) is 5.96. The lowest BCUT2D eigenvalue weighted by Gasteiger charge is -2.00. The summed E-state index contributed by atoms with van der Waals surface area (Å²) < 4.78 is 0. The third-order valence-corrected chi connectivity index (χ3v) is 2.97. The lowest BCUT2D eigenvalue weighted by molar-refractivity contribution is 0.909. The topological polar surface area (TPSA) is 67.6 Å². The van der Waals surface area contributed by atoms with Gasteiger partial charge in [-0.15, -0.1) is 0 Å². The highest BCUT2D eigenvalue weighted by Crippen LogP contribution is 2.26. The van der Waals surface area contributed by atoms with E-state index in [1.165, 1.54) is 5.39 Å². The third kappa shape index (κ3) is 1.87. The minimum absolute atomic E-state index is 0.598. The summed E-state index contributed by atoms with van der Waals surface area (Å²) in [6, 6.07) is 8.17. The van der Waals surface area contributed by atoms with Crippen LogP contribution in [0.25, 0.3) is 22.2 Å². The van der Waals surface area contributed by atoms with Gasteiger partial charge < -0.3 is 10.7 Å². The molecular formula is C14H14N4. The lowest BCUT2D eigenvalue weighted by atomic mass is 10.1. The molecular weight excluding hydrogens is 224 g/mol. The van der Waals surface area contributed by atoms with Gasteiger partial charge in [0.15, 0.2) is 0 Å². The molecule has 0 saturated carbocycles. The molecule has 3 aromatic rings. The van der Waals surface area contributed by atoms with E-state index >= 15 is 0 Å². The number of nitrogens with two attached hydrogens (primary N) is 1. The Morgan fingerprint density at radius 2 is 2.00 bits per heavy atom. The van der Waals surface area contributed by atoms with Crippen LogP contribution in [0.5, 0.6) is 0 Å². The second-order valence-electron chi connectivity index (χ2n) is 4.18. The van der Waals surface area contributed by atoms with Gasteiger partial charge in [0.2, 0.25) is 0 Å². The van der Waals surface area contributed by atoms with E-state index in [9.17, 15) is 0 Å². The number of fused-ring (bicyclic) bond motifs is 1. The first kappa shape index (κ1) is 10.9. The van der Waals surface area contributed by atoms with Crippen molar-refractivity contribution in [2.75, 3.05) is 6.54 Å². The van der Waals surface area contributed by atoms with Crippen LogP contribution in [-0.4, -0.2) is 21.5 Å². The number of nitrogens with one attached hydrogen (secondary N) is 1. The molecule has 0 unspecified atom stereocenters. The number of para-hydroxylation sites is 1. The molecule has 0 spiro atoms. The number of benzene rings is 1. The van der Waals surface area contributed by atoms with Gasteiger partial charge in [0.1, 0.15) is 0 Å². The van der Waals surface area contributed by atoms with E-state index in [2.05, 4.69) is 27.1 Å². The predicted octanol–water partition coefficient (Wildman–Crippen LogP) is 2.13. The van der Waals surface area contributed by atoms with Gasteiger partial charge in [-0.1, -0.05) is 18.2 Å². The minimum atomic E-state index is 0.598. The number of hydrogen-bond acceptors (Lipinski definition) is 3. The van der Waals surface area contributed by atoms with Crippen molar-refractivity contribution >= 4 is 10.9 Å². The fraction of sp³-hybridized carbons (Fsp3) is 0.143. The Labute approximate surface area is 105 Å². The van der Waals surface area contributed by atoms with E-state index in [-0.39, 0.29) is 0 Å². The number of rotatable bonds is 3. The van der Waals surface area contributed by atoms with Gasteiger partial charge >= 0.3 is 0 Å². The molecule has 0 radical (unpaired) electrons. The number of nitrogens with zero attached hydrogens (tertiary/aromatic N) is 2. The monoisotopic (exact) mass is 238 g/mol. The molecule has 3 N–H and O–H groups in total. The number of H-pyrrole nitrogens is 1. The van der Waals surface area contributed by atoms with Gasteiger partial charge in [-0.05, 0) is 12.6 Å². The van der Waals surface area contributed by atoms with Gasteiger partial charge in [0.05, 0.1) is 17.6 Å². The summed E-state index contributed by atoms with van der Waals surface area (Å²) in [5, 5.41) is 1.17. The fourth-order valence-corrected chi connectivity index (χ4v) is 2.05. The molecule has 4 nitrogen and oxygen atoms in total. The predicted molar refractivity (Wildman–Crippen MR) is 72.1 cm³/mol. The summed E-state index contributed by atoms with van der Waals surface area (Å²) >= 11 is 0. The first-order valence-corrected chi connectivity index (χ1v) is 5.96. The highest BCUT2D eigenvalue weighted by molar-refractivity contribution is 5.94. The molecule has 2 aromatic heterocycles. The molecule has 3 rings (SSSR count). The van der Waals surface area contributed by atoms with E-state index < -0.39 is 0 Å². The van der Waals surface area contributed by atoms with Crippen molar-refractivity contribution in [3.05, 3.63) is 48.5 Å². The molecule has 90 valence electrons. The molecule has 0 atom stereocenters. The van der Waals surface area contributed by atoms with E-state index in [0.717, 1.165) is 28.9 Å². The van der Waals surface area contributed by atoms with Gasteiger partial charge in [-0.25, -0.2) is 0 Å². The summed E-state index contributed by atoms with van der Waals surface area (Å²) in [6.07, 6.45) is 6.34. The van der Waals surface area contributed by atoms with Crippen LogP contribution in [0.15, 0.2) is 42.9 Å². The standard InChI is InChI=1S/C14H14N4/c15-6-5-10-7-17-14(9-16-10)12-8-18-13-4-2-1-3-11(12)13/h1-4,7-9,18H,5-6,15H2. The highest BCUT2D eigenvalue weighted by Gasteiger charge is 2.07. The highest BCUT2D eigenvalue weighted by atomic mass is 14.8. The smallest absolute Gasteiger partial charge is 0.0906 e. The van der Waals surface area contributed by atoms with Crippen LogP contribution >= 0.6 is 0 Å². The van der Waals surface area contributed by atoms with Gasteiger partial charge in [0.25, 0.3) is 0 Å². The normalized spacial score (nSPS) is 10.9. The zero-order chi connectivity index (χ0) is 12.4. The zero-order valence-electron chi connectivity index (χ0n) is 9.93. The summed E-state index contributed by atoms with van der Waals surface area (Å²) in [5.41, 5.74) is 9.50. The first-order chi connectivity index (χ1) is 8.88. The molecule has 18 heavy (non-hydrogen) atoms. The quantitative estimate of drug-likeness (QED) is 0.734. The van der Waals surface area contributed by atoms with Crippen LogP contribution in [0.4, 0.5) is 0 Å². The summed E-state index contributed by atoms with van der Waals surface area (Å²) in [4.78, 5) is 12.1. The average Bonchev–Trinajstić information content (AvgIpc) is 2.84. The summed E-state index contributed by atoms with van der Waals surface area (Å²) in [7, 11) is 0. The molecule has 4 heteroatoms. The fourth-order valence-electron chi connectivity index (χ4n) is 2.05. The van der Waals surface area contributed by atoms with E-state index in [1.807, 2.05) is 18.3 Å². The second-order valence-corrected chi connectivity index (χ2v) is 4.18. The summed E-state index contributed by atoms with van der Waals surface area (Å²) in [6.45, 7) is 0.598. The molecule has 2 heterocycles. The maximum atomic E-state index is 5.49. The van der Waals surface area contributed by atoms with Gasteiger partial charge in [-0.2, -0.15) is 0 Å². The number of hydrogen-bond donors (Lipinski definition) is 2. The van der Waals surface area contributed by atoms with E-state index in [4.69, 9.17) is 5.73 Å². The molecule has 0 amide bonds. The molecule has 0 aliphatic heterocycles. The van der Waals surface area contributed by atoms with Crippen molar-refractivity contribution in [3.63, 3.8) is 0 Å². The van der Waals surface area contributed by atoms with Crippen LogP contribution in [0.3, 0.4) is 0 Å². The van der Waals surface area contributed by atoms with Crippen molar-refractivity contribution < 1.29 is 0 Å². The Morgan fingerprint density at radius 3 is 2.78 bits per heavy atom. The van der Waals surface area contributed by atoms with Crippen LogP contribution in [0.2, 0.25) is 0 Å². The summed E-state index contributed by atoms with van der Waals surface area (Å²) in [5.74, 6) is 0. The maximum Gasteiger partial charge on any atom is 0.0906 e. The van der Waals surface area contributed by atoms with Crippen molar-refractivity contribution in [2.24, 2.45) is 5.73 Å². The largest absolute Gasteiger partial charge is 0.360 e. The van der Waals surface area contributed by atoms with Crippen molar-refractivity contribution in [1.29, 1.82) is 0 Å². The Morgan fingerprint density at radius 1 is 1.11 bits per heavy atom. The molecule has 0 aliphatic rings. The van der Waals surface area contributed by atoms with Crippen LogP contribution in [0, 0.1) is 0 Å². The second kappa shape index (κ2) is 4.58. The van der Waals surface area contributed by atoms with Crippen molar-refractivity contribution in [2.45, 2.75) is 6.42 Å². The SMILES string of the molecule is NCCc1cnc(-c2c[nH]c3ccccc23)cn1. The van der Waals surface area contributed by atoms with E-state index in [0.29, 0.717) is 6.54 Å². The number of aromatic nitrogens is 3. The van der Waals surface area contributed by atoms with Gasteiger partial charge in [-0.3, -0.25) is 9.97 Å². The lowest BCUT2D eigenvalue weighted by Crippen LogP contribution is -2.04. The van der Waals surface area contributed by atoms with Crippen molar-refractivity contribution in [3.8, 4) is 11.3 Å². The maximum absolute atomic E-state index is 5.49. The van der Waals surface area contributed by atoms with Crippen LogP contribution in [0.1, 0.15) is 5.69 Å². The van der Waals surface area contributed by atoms with Crippen LogP contribution < -0.4 is 5.73 Å². The Bertz CT molecular complexity index is 655. The van der Waals surface area contributed by atoms with Crippen molar-refractivity contribution in [1.82, 2.24) is 15.0 Å². The molecule has 0 fully saturated rings. The molecule has 0 bridgehead atoms. The number of aromatic amines is 1. The molecule has 1 aromatic carbocycles. The Hall–Kier alpha value is -2.20. The minimum Gasteiger partial charge on any atom is -0.360 e. The Balaban J connectivity index is 2.03. The molecule has 0 aliphatic carbocycles. The van der Waals surface area contributed by atoms with Crippen LogP contribution in [-0.2, 0) is 6.42 Å². The third-order valence-electron chi connectivity index (χ3n) is 2.97. The Kier molecular flexibility index (Phi) is 2.78. The van der Waals surface area contributed by atoms with Gasteiger partial charge in [0, 0.05) is 35.3 Å². The zero-order valence-corrected chi connectivity index (χ0v) is 9.93. The average molecular weight is 238 g/mol.